The van der Waals surface area contributed by atoms with Gasteiger partial charge in [-0.05, 0) is 49.9 Å². The fourth-order valence-electron chi connectivity index (χ4n) is 3.30. The summed E-state index contributed by atoms with van der Waals surface area (Å²) in [6.07, 6.45) is 3.75. The maximum Gasteiger partial charge on any atom is 0.272 e. The summed E-state index contributed by atoms with van der Waals surface area (Å²) in [5.41, 5.74) is 3.59. The van der Waals surface area contributed by atoms with Crippen molar-refractivity contribution in [3.63, 3.8) is 0 Å². The van der Waals surface area contributed by atoms with E-state index in [1.165, 1.54) is 5.69 Å². The molecule has 0 spiro atoms. The van der Waals surface area contributed by atoms with E-state index >= 15 is 0 Å². The number of anilines is 3. The maximum atomic E-state index is 12.5. The normalized spacial score (nSPS) is 14.8. The lowest BCUT2D eigenvalue weighted by molar-refractivity contribution is 0.0787. The molecule has 1 saturated heterocycles. The standard InChI is InChI=1S/C22H31N5O/c1-4-5-12-26(3)22(28)21-17-19(10-11-23-21)24-18-6-8-20(9-7-18)27-15-13-25(2)14-16-27/h6-11,17H,4-5,12-16H2,1-3H3,(H,23,24). The molecule has 1 aromatic carbocycles. The van der Waals surface area contributed by atoms with E-state index in [0.717, 1.165) is 56.9 Å². The average Bonchev–Trinajstić information content (AvgIpc) is 2.73. The zero-order valence-electron chi connectivity index (χ0n) is 17.2. The number of benzene rings is 1. The van der Waals surface area contributed by atoms with Crippen LogP contribution in [0.25, 0.3) is 0 Å². The second-order valence-electron chi connectivity index (χ2n) is 7.47. The quantitative estimate of drug-likeness (QED) is 0.796. The number of unbranched alkanes of at least 4 members (excludes halogenated alkanes) is 1. The Labute approximate surface area is 168 Å². The van der Waals surface area contributed by atoms with E-state index in [4.69, 9.17) is 0 Å². The average molecular weight is 382 g/mol. The van der Waals surface area contributed by atoms with E-state index in [0.29, 0.717) is 5.69 Å². The molecule has 1 N–H and O–H groups in total. The van der Waals surface area contributed by atoms with E-state index < -0.39 is 0 Å². The van der Waals surface area contributed by atoms with Gasteiger partial charge < -0.3 is 20.0 Å². The van der Waals surface area contributed by atoms with Gasteiger partial charge in [-0.2, -0.15) is 0 Å². The molecule has 0 unspecified atom stereocenters. The number of likely N-dealkylation sites (N-methyl/N-ethyl adjacent to an activating group) is 1. The molecule has 0 aliphatic carbocycles. The molecule has 2 heterocycles. The first-order valence-electron chi connectivity index (χ1n) is 10.1. The predicted molar refractivity (Wildman–Crippen MR) is 116 cm³/mol. The number of nitrogens with zero attached hydrogens (tertiary/aromatic N) is 4. The van der Waals surface area contributed by atoms with Crippen molar-refractivity contribution >= 4 is 23.0 Å². The zero-order valence-corrected chi connectivity index (χ0v) is 17.2. The minimum absolute atomic E-state index is 0.0393. The van der Waals surface area contributed by atoms with Gasteiger partial charge in [-0.1, -0.05) is 13.3 Å². The highest BCUT2D eigenvalue weighted by atomic mass is 16.2. The highest BCUT2D eigenvalue weighted by Gasteiger charge is 2.15. The van der Waals surface area contributed by atoms with Crippen LogP contribution in [-0.4, -0.2) is 67.5 Å². The van der Waals surface area contributed by atoms with E-state index in [2.05, 4.69) is 58.3 Å². The smallest absolute Gasteiger partial charge is 0.272 e. The Morgan fingerprint density at radius 3 is 2.50 bits per heavy atom. The molecule has 1 aromatic heterocycles. The molecule has 0 saturated carbocycles. The fraction of sp³-hybridized carbons (Fsp3) is 0.455. The third kappa shape index (κ3) is 5.23. The maximum absolute atomic E-state index is 12.5. The van der Waals surface area contributed by atoms with Crippen molar-refractivity contribution in [2.24, 2.45) is 0 Å². The lowest BCUT2D eigenvalue weighted by Gasteiger charge is -2.34. The van der Waals surface area contributed by atoms with E-state index in [1.807, 2.05) is 19.2 Å². The zero-order chi connectivity index (χ0) is 19.9. The molecule has 150 valence electrons. The molecule has 0 bridgehead atoms. The summed E-state index contributed by atoms with van der Waals surface area (Å²) < 4.78 is 0. The molecule has 1 aliphatic heterocycles. The van der Waals surface area contributed by atoms with Gasteiger partial charge in [0, 0.05) is 63.0 Å². The number of nitrogens with one attached hydrogen (secondary N) is 1. The van der Waals surface area contributed by atoms with E-state index in [1.54, 1.807) is 11.1 Å². The number of amides is 1. The summed E-state index contributed by atoms with van der Waals surface area (Å²) in [5, 5.41) is 3.38. The minimum Gasteiger partial charge on any atom is -0.369 e. The third-order valence-corrected chi connectivity index (χ3v) is 5.20. The van der Waals surface area contributed by atoms with Gasteiger partial charge >= 0.3 is 0 Å². The van der Waals surface area contributed by atoms with Crippen molar-refractivity contribution in [1.82, 2.24) is 14.8 Å². The van der Waals surface area contributed by atoms with Crippen molar-refractivity contribution in [3.05, 3.63) is 48.3 Å². The van der Waals surface area contributed by atoms with Crippen molar-refractivity contribution in [1.29, 1.82) is 0 Å². The first-order chi connectivity index (χ1) is 13.6. The van der Waals surface area contributed by atoms with Crippen molar-refractivity contribution in [3.8, 4) is 0 Å². The molecule has 6 nitrogen and oxygen atoms in total. The molecule has 1 aliphatic rings. The number of pyridine rings is 1. The summed E-state index contributed by atoms with van der Waals surface area (Å²) >= 11 is 0. The Hall–Kier alpha value is -2.60. The number of carbonyl (C=O) groups excluding carboxylic acids is 1. The Morgan fingerprint density at radius 1 is 1.11 bits per heavy atom. The van der Waals surface area contributed by atoms with E-state index in [9.17, 15) is 4.79 Å². The van der Waals surface area contributed by atoms with Crippen LogP contribution in [0.2, 0.25) is 0 Å². The van der Waals surface area contributed by atoms with Crippen LogP contribution in [0.3, 0.4) is 0 Å². The Bertz CT molecular complexity index is 769. The summed E-state index contributed by atoms with van der Waals surface area (Å²) in [4.78, 5) is 23.3. The summed E-state index contributed by atoms with van der Waals surface area (Å²) in [6.45, 7) is 7.19. The first-order valence-corrected chi connectivity index (χ1v) is 10.1. The van der Waals surface area contributed by atoms with Gasteiger partial charge in [0.05, 0.1) is 0 Å². The SMILES string of the molecule is CCCCN(C)C(=O)c1cc(Nc2ccc(N3CCN(C)CC3)cc2)ccn1. The van der Waals surface area contributed by atoms with Gasteiger partial charge in [-0.15, -0.1) is 0 Å². The van der Waals surface area contributed by atoms with Crippen LogP contribution in [0.1, 0.15) is 30.3 Å². The number of rotatable bonds is 7. The molecule has 28 heavy (non-hydrogen) atoms. The first kappa shape index (κ1) is 20.1. The van der Waals surface area contributed by atoms with Crippen molar-refractivity contribution in [2.45, 2.75) is 19.8 Å². The largest absolute Gasteiger partial charge is 0.369 e. The fourth-order valence-corrected chi connectivity index (χ4v) is 3.30. The molecule has 1 amide bonds. The number of hydrogen-bond acceptors (Lipinski definition) is 5. The summed E-state index contributed by atoms with van der Waals surface area (Å²) in [6, 6.07) is 12.2. The number of hydrogen-bond donors (Lipinski definition) is 1. The van der Waals surface area contributed by atoms with Gasteiger partial charge in [-0.3, -0.25) is 9.78 Å². The van der Waals surface area contributed by atoms with Gasteiger partial charge in [0.2, 0.25) is 0 Å². The molecule has 2 aromatic rings. The number of carbonyl (C=O) groups is 1. The Morgan fingerprint density at radius 2 is 1.82 bits per heavy atom. The van der Waals surface area contributed by atoms with Gasteiger partial charge in [0.15, 0.2) is 0 Å². The third-order valence-electron chi connectivity index (χ3n) is 5.20. The van der Waals surface area contributed by atoms with Crippen molar-refractivity contribution < 1.29 is 4.79 Å². The van der Waals surface area contributed by atoms with Crippen LogP contribution in [0.15, 0.2) is 42.6 Å². The van der Waals surface area contributed by atoms with Crippen LogP contribution in [0.4, 0.5) is 17.1 Å². The lowest BCUT2D eigenvalue weighted by Crippen LogP contribution is -2.44. The van der Waals surface area contributed by atoms with Crippen LogP contribution < -0.4 is 10.2 Å². The monoisotopic (exact) mass is 381 g/mol. The Kier molecular flexibility index (Phi) is 6.87. The summed E-state index contributed by atoms with van der Waals surface area (Å²) in [7, 11) is 4.00. The molecule has 6 heteroatoms. The van der Waals surface area contributed by atoms with Crippen LogP contribution in [0.5, 0.6) is 0 Å². The second kappa shape index (κ2) is 9.55. The second-order valence-corrected chi connectivity index (χ2v) is 7.47. The van der Waals surface area contributed by atoms with Crippen LogP contribution >= 0.6 is 0 Å². The summed E-state index contributed by atoms with van der Waals surface area (Å²) in [5.74, 6) is -0.0393. The van der Waals surface area contributed by atoms with Gasteiger partial charge in [0.1, 0.15) is 5.69 Å². The van der Waals surface area contributed by atoms with Crippen LogP contribution in [-0.2, 0) is 0 Å². The number of aromatic nitrogens is 1. The lowest BCUT2D eigenvalue weighted by atomic mass is 10.2. The molecule has 1 fully saturated rings. The molecular weight excluding hydrogens is 350 g/mol. The molecule has 0 atom stereocenters. The van der Waals surface area contributed by atoms with Gasteiger partial charge in [-0.25, -0.2) is 0 Å². The van der Waals surface area contributed by atoms with Crippen LogP contribution in [0, 0.1) is 0 Å². The Balaban J connectivity index is 1.63. The highest BCUT2D eigenvalue weighted by Crippen LogP contribution is 2.22. The highest BCUT2D eigenvalue weighted by molar-refractivity contribution is 5.93. The molecular formula is C22H31N5O. The number of piperazine rings is 1. The predicted octanol–water partition coefficient (Wildman–Crippen LogP) is 3.45. The minimum atomic E-state index is -0.0393. The topological polar surface area (TPSA) is 51.7 Å². The molecule has 3 rings (SSSR count). The van der Waals surface area contributed by atoms with Gasteiger partial charge in [0.25, 0.3) is 5.91 Å². The van der Waals surface area contributed by atoms with E-state index in [-0.39, 0.29) is 5.91 Å². The van der Waals surface area contributed by atoms with Crippen molar-refractivity contribution in [2.75, 3.05) is 57.0 Å². The molecule has 0 radical (unpaired) electrons.